The van der Waals surface area contributed by atoms with Crippen molar-refractivity contribution in [3.05, 3.63) is 21.9 Å². The lowest BCUT2D eigenvalue weighted by atomic mass is 10.4. The van der Waals surface area contributed by atoms with E-state index in [2.05, 4.69) is 4.84 Å². The van der Waals surface area contributed by atoms with Gasteiger partial charge >= 0.3 is 0 Å². The molecule has 0 unspecified atom stereocenters. The summed E-state index contributed by atoms with van der Waals surface area (Å²) in [5, 5.41) is 0. The van der Waals surface area contributed by atoms with Crippen molar-refractivity contribution in [1.82, 2.24) is 0 Å². The van der Waals surface area contributed by atoms with Crippen LogP contribution in [-0.2, 0) is 11.4 Å². The highest BCUT2D eigenvalue weighted by molar-refractivity contribution is 7.13. The number of aldehydes is 1. The highest BCUT2D eigenvalue weighted by Gasteiger charge is 1.96. The van der Waals surface area contributed by atoms with Gasteiger partial charge in [0.1, 0.15) is 6.61 Å². The van der Waals surface area contributed by atoms with E-state index in [1.54, 1.807) is 6.07 Å². The largest absolute Gasteiger partial charge is 0.299 e. The number of hydrogen-bond donors (Lipinski definition) is 1. The van der Waals surface area contributed by atoms with Crippen molar-refractivity contribution >= 4 is 17.6 Å². The SMILES string of the molecule is NOCc1ccc(C=O)s1. The lowest BCUT2D eigenvalue weighted by Crippen LogP contribution is -1.96. The number of hydrogen-bond acceptors (Lipinski definition) is 4. The van der Waals surface area contributed by atoms with Gasteiger partial charge in [-0.15, -0.1) is 11.3 Å². The van der Waals surface area contributed by atoms with Crippen LogP contribution < -0.4 is 5.90 Å². The Kier molecular flexibility index (Phi) is 2.56. The van der Waals surface area contributed by atoms with Crippen molar-refractivity contribution in [2.75, 3.05) is 0 Å². The van der Waals surface area contributed by atoms with Crippen LogP contribution >= 0.6 is 11.3 Å². The molecule has 0 atom stereocenters. The highest BCUT2D eigenvalue weighted by atomic mass is 32.1. The van der Waals surface area contributed by atoms with E-state index in [1.165, 1.54) is 11.3 Å². The Morgan fingerprint density at radius 1 is 1.70 bits per heavy atom. The van der Waals surface area contributed by atoms with Gasteiger partial charge in [0.05, 0.1) is 4.88 Å². The van der Waals surface area contributed by atoms with Crippen LogP contribution in [0.5, 0.6) is 0 Å². The topological polar surface area (TPSA) is 52.3 Å². The second kappa shape index (κ2) is 3.46. The van der Waals surface area contributed by atoms with Gasteiger partial charge in [0, 0.05) is 4.88 Å². The molecular weight excluding hydrogens is 150 g/mol. The van der Waals surface area contributed by atoms with E-state index >= 15 is 0 Å². The number of rotatable bonds is 3. The predicted octanol–water partition coefficient (Wildman–Crippen LogP) is 0.951. The third-order valence-corrected chi connectivity index (χ3v) is 2.01. The summed E-state index contributed by atoms with van der Waals surface area (Å²) in [6, 6.07) is 3.56. The Balaban J connectivity index is 2.68. The molecule has 0 aliphatic heterocycles. The maximum Gasteiger partial charge on any atom is 0.160 e. The van der Waals surface area contributed by atoms with Gasteiger partial charge in [-0.05, 0) is 12.1 Å². The molecule has 2 N–H and O–H groups in total. The standard InChI is InChI=1S/C6H7NO2S/c7-9-4-6-2-1-5(3-8)10-6/h1-3H,4,7H2. The number of nitrogens with two attached hydrogens (primary N) is 1. The van der Waals surface area contributed by atoms with Crippen LogP contribution in [0, 0.1) is 0 Å². The molecule has 0 fully saturated rings. The molecule has 1 aromatic heterocycles. The summed E-state index contributed by atoms with van der Waals surface area (Å²) < 4.78 is 0. The van der Waals surface area contributed by atoms with Gasteiger partial charge in [-0.2, -0.15) is 0 Å². The van der Waals surface area contributed by atoms with Crippen molar-refractivity contribution in [2.24, 2.45) is 5.90 Å². The molecule has 0 saturated carbocycles. The average molecular weight is 157 g/mol. The minimum absolute atomic E-state index is 0.374. The summed E-state index contributed by atoms with van der Waals surface area (Å²) in [5.74, 6) is 4.83. The summed E-state index contributed by atoms with van der Waals surface area (Å²) in [5.41, 5.74) is 0. The van der Waals surface area contributed by atoms with E-state index in [4.69, 9.17) is 5.90 Å². The highest BCUT2D eigenvalue weighted by Crippen LogP contribution is 2.14. The van der Waals surface area contributed by atoms with E-state index < -0.39 is 0 Å². The van der Waals surface area contributed by atoms with Crippen molar-refractivity contribution in [2.45, 2.75) is 6.61 Å². The molecule has 1 aromatic rings. The van der Waals surface area contributed by atoms with E-state index in [9.17, 15) is 4.79 Å². The first-order valence-corrected chi connectivity index (χ1v) is 3.54. The fraction of sp³-hybridized carbons (Fsp3) is 0.167. The third-order valence-electron chi connectivity index (χ3n) is 1.02. The number of carbonyl (C=O) groups is 1. The molecule has 0 aromatic carbocycles. The van der Waals surface area contributed by atoms with Gasteiger partial charge in [0.15, 0.2) is 6.29 Å². The van der Waals surface area contributed by atoms with Gasteiger partial charge in [-0.3, -0.25) is 9.63 Å². The van der Waals surface area contributed by atoms with Crippen LogP contribution in [0.25, 0.3) is 0 Å². The monoisotopic (exact) mass is 157 g/mol. The van der Waals surface area contributed by atoms with E-state index in [1.807, 2.05) is 6.07 Å². The van der Waals surface area contributed by atoms with Gasteiger partial charge < -0.3 is 0 Å². The Morgan fingerprint density at radius 3 is 3.00 bits per heavy atom. The summed E-state index contributed by atoms with van der Waals surface area (Å²) in [6.07, 6.45) is 0.810. The van der Waals surface area contributed by atoms with Gasteiger partial charge in [-0.1, -0.05) is 0 Å². The van der Waals surface area contributed by atoms with Crippen molar-refractivity contribution in [1.29, 1.82) is 0 Å². The number of thiophene rings is 1. The van der Waals surface area contributed by atoms with Crippen LogP contribution in [-0.4, -0.2) is 6.29 Å². The number of carbonyl (C=O) groups excluding carboxylic acids is 1. The summed E-state index contributed by atoms with van der Waals surface area (Å²) in [7, 11) is 0. The summed E-state index contributed by atoms with van der Waals surface area (Å²) in [6.45, 7) is 0.374. The van der Waals surface area contributed by atoms with Crippen LogP contribution in [0.4, 0.5) is 0 Å². The first-order chi connectivity index (χ1) is 4.86. The molecule has 0 bridgehead atoms. The predicted molar refractivity (Wildman–Crippen MR) is 38.7 cm³/mol. The fourth-order valence-corrected chi connectivity index (χ4v) is 1.37. The lowest BCUT2D eigenvalue weighted by Gasteiger charge is -1.88. The Labute approximate surface area is 62.4 Å². The zero-order valence-electron chi connectivity index (χ0n) is 5.24. The molecule has 0 saturated heterocycles. The first kappa shape index (κ1) is 7.40. The molecule has 1 heterocycles. The zero-order chi connectivity index (χ0) is 7.40. The third kappa shape index (κ3) is 1.63. The minimum atomic E-state index is 0.374. The maximum absolute atomic E-state index is 10.2. The lowest BCUT2D eigenvalue weighted by molar-refractivity contribution is 0.112. The molecule has 3 nitrogen and oxygen atoms in total. The second-order valence-electron chi connectivity index (χ2n) is 1.73. The molecular formula is C6H7NO2S. The van der Waals surface area contributed by atoms with Crippen LogP contribution in [0.15, 0.2) is 12.1 Å². The van der Waals surface area contributed by atoms with Crippen LogP contribution in [0.3, 0.4) is 0 Å². The molecule has 1 rings (SSSR count). The van der Waals surface area contributed by atoms with Crippen molar-refractivity contribution < 1.29 is 9.63 Å². The van der Waals surface area contributed by atoms with E-state index in [0.29, 0.717) is 11.5 Å². The van der Waals surface area contributed by atoms with Gasteiger partial charge in [0.2, 0.25) is 0 Å². The Hall–Kier alpha value is -0.710. The average Bonchev–Trinajstić information content (AvgIpc) is 2.37. The molecule has 54 valence electrons. The molecule has 0 spiro atoms. The molecule has 0 radical (unpaired) electrons. The van der Waals surface area contributed by atoms with Gasteiger partial charge in [-0.25, -0.2) is 5.90 Å². The van der Waals surface area contributed by atoms with Crippen molar-refractivity contribution in [3.63, 3.8) is 0 Å². The van der Waals surface area contributed by atoms with Crippen molar-refractivity contribution in [3.8, 4) is 0 Å². The minimum Gasteiger partial charge on any atom is -0.299 e. The molecule has 0 amide bonds. The van der Waals surface area contributed by atoms with Crippen LogP contribution in [0.1, 0.15) is 14.5 Å². The fourth-order valence-electron chi connectivity index (χ4n) is 0.618. The molecule has 0 aliphatic carbocycles. The second-order valence-corrected chi connectivity index (χ2v) is 2.93. The quantitative estimate of drug-likeness (QED) is 0.525. The molecule has 4 heteroatoms. The summed E-state index contributed by atoms with van der Waals surface area (Å²) >= 11 is 1.38. The Bertz CT molecular complexity index is 221. The smallest absolute Gasteiger partial charge is 0.160 e. The molecule has 10 heavy (non-hydrogen) atoms. The molecule has 0 aliphatic rings. The van der Waals surface area contributed by atoms with Gasteiger partial charge in [0.25, 0.3) is 0 Å². The van der Waals surface area contributed by atoms with E-state index in [0.717, 1.165) is 11.2 Å². The Morgan fingerprint density at radius 2 is 2.50 bits per heavy atom. The van der Waals surface area contributed by atoms with Crippen LogP contribution in [0.2, 0.25) is 0 Å². The normalized spacial score (nSPS) is 9.70. The maximum atomic E-state index is 10.2. The zero-order valence-corrected chi connectivity index (χ0v) is 6.06. The van der Waals surface area contributed by atoms with E-state index in [-0.39, 0.29) is 0 Å². The first-order valence-electron chi connectivity index (χ1n) is 2.72. The summed E-state index contributed by atoms with van der Waals surface area (Å²) in [4.78, 5) is 16.2.